The molecular formula is C10H12FNO2. The number of pyridine rings is 1. The third-order valence-electron chi connectivity index (χ3n) is 1.39. The van der Waals surface area contributed by atoms with Crippen LogP contribution in [0.4, 0.5) is 4.39 Å². The zero-order valence-electron chi connectivity index (χ0n) is 8.37. The molecule has 1 aromatic rings. The van der Waals surface area contributed by atoms with Gasteiger partial charge in [-0.25, -0.2) is 9.18 Å². The lowest BCUT2D eigenvalue weighted by molar-refractivity contribution is 0.00645. The van der Waals surface area contributed by atoms with Gasteiger partial charge in [-0.2, -0.15) is 0 Å². The summed E-state index contributed by atoms with van der Waals surface area (Å²) in [4.78, 5) is 14.9. The van der Waals surface area contributed by atoms with E-state index in [4.69, 9.17) is 4.74 Å². The summed E-state index contributed by atoms with van der Waals surface area (Å²) in [5.41, 5.74) is -0.706. The van der Waals surface area contributed by atoms with E-state index in [9.17, 15) is 9.18 Å². The molecular weight excluding hydrogens is 185 g/mol. The van der Waals surface area contributed by atoms with Crippen molar-refractivity contribution in [3.63, 3.8) is 0 Å². The number of esters is 1. The maximum atomic E-state index is 13.1. The molecule has 0 aliphatic heterocycles. The molecule has 0 saturated heterocycles. The van der Waals surface area contributed by atoms with Gasteiger partial charge in [0, 0.05) is 6.20 Å². The molecule has 76 valence electrons. The molecule has 1 rings (SSSR count). The molecule has 0 unspecified atom stereocenters. The largest absolute Gasteiger partial charge is 0.456 e. The van der Waals surface area contributed by atoms with E-state index in [0.29, 0.717) is 0 Å². The number of hydrogen-bond donors (Lipinski definition) is 0. The molecule has 0 spiro atoms. The molecule has 0 fully saturated rings. The Morgan fingerprint density at radius 1 is 1.50 bits per heavy atom. The summed E-state index contributed by atoms with van der Waals surface area (Å²) in [7, 11) is 0. The first-order valence-corrected chi connectivity index (χ1v) is 4.23. The van der Waals surface area contributed by atoms with Crippen LogP contribution in [-0.2, 0) is 4.74 Å². The Morgan fingerprint density at radius 2 is 2.14 bits per heavy atom. The van der Waals surface area contributed by atoms with Crippen LogP contribution in [0.3, 0.4) is 0 Å². The molecule has 0 aromatic carbocycles. The van der Waals surface area contributed by atoms with Crippen LogP contribution in [0, 0.1) is 5.82 Å². The van der Waals surface area contributed by atoms with Gasteiger partial charge in [-0.1, -0.05) is 0 Å². The van der Waals surface area contributed by atoms with Crippen molar-refractivity contribution in [2.75, 3.05) is 0 Å². The normalized spacial score (nSPS) is 11.1. The predicted octanol–water partition coefficient (Wildman–Crippen LogP) is 2.18. The van der Waals surface area contributed by atoms with Crippen molar-refractivity contribution in [3.05, 3.63) is 29.8 Å². The fourth-order valence-electron chi connectivity index (χ4n) is 0.874. The van der Waals surface area contributed by atoms with Gasteiger partial charge in [-0.15, -0.1) is 0 Å². The number of carbonyl (C=O) groups is 1. The molecule has 0 atom stereocenters. The van der Waals surface area contributed by atoms with E-state index in [-0.39, 0.29) is 5.56 Å². The highest BCUT2D eigenvalue weighted by Gasteiger charge is 2.20. The summed E-state index contributed by atoms with van der Waals surface area (Å²) < 4.78 is 18.0. The molecule has 14 heavy (non-hydrogen) atoms. The second-order valence-corrected chi connectivity index (χ2v) is 3.86. The Morgan fingerprint density at radius 3 is 2.64 bits per heavy atom. The summed E-state index contributed by atoms with van der Waals surface area (Å²) in [6, 6.07) is 1.30. The SMILES string of the molecule is CC(C)(C)OC(=O)c1ccncc1F. The van der Waals surface area contributed by atoms with Crippen LogP contribution in [-0.4, -0.2) is 16.6 Å². The van der Waals surface area contributed by atoms with E-state index in [2.05, 4.69) is 4.98 Å². The number of ether oxygens (including phenoxy) is 1. The molecule has 0 amide bonds. The minimum absolute atomic E-state index is 0.0880. The molecule has 1 aromatic heterocycles. The van der Waals surface area contributed by atoms with Crippen LogP contribution >= 0.6 is 0 Å². The van der Waals surface area contributed by atoms with Gasteiger partial charge in [-0.3, -0.25) is 4.98 Å². The lowest BCUT2D eigenvalue weighted by Gasteiger charge is -2.19. The monoisotopic (exact) mass is 197 g/mol. The topological polar surface area (TPSA) is 39.2 Å². The highest BCUT2D eigenvalue weighted by Crippen LogP contribution is 2.13. The quantitative estimate of drug-likeness (QED) is 0.648. The maximum Gasteiger partial charge on any atom is 0.341 e. The number of rotatable bonds is 1. The zero-order valence-corrected chi connectivity index (χ0v) is 8.37. The van der Waals surface area contributed by atoms with Gasteiger partial charge in [0.2, 0.25) is 0 Å². The number of hydrogen-bond acceptors (Lipinski definition) is 3. The van der Waals surface area contributed by atoms with E-state index in [1.165, 1.54) is 12.3 Å². The second-order valence-electron chi connectivity index (χ2n) is 3.86. The Hall–Kier alpha value is -1.45. The number of halogens is 1. The van der Waals surface area contributed by atoms with Crippen LogP contribution in [0.2, 0.25) is 0 Å². The number of carbonyl (C=O) groups excluding carboxylic acids is 1. The first kappa shape index (κ1) is 10.6. The van der Waals surface area contributed by atoms with Crippen molar-refractivity contribution in [2.24, 2.45) is 0 Å². The minimum Gasteiger partial charge on any atom is -0.456 e. The van der Waals surface area contributed by atoms with Crippen LogP contribution in [0.25, 0.3) is 0 Å². The highest BCUT2D eigenvalue weighted by molar-refractivity contribution is 5.89. The molecule has 4 heteroatoms. The van der Waals surface area contributed by atoms with Crippen molar-refractivity contribution in [1.82, 2.24) is 4.98 Å². The van der Waals surface area contributed by atoms with Gasteiger partial charge in [-0.05, 0) is 26.8 Å². The van der Waals surface area contributed by atoms with Gasteiger partial charge >= 0.3 is 5.97 Å². The van der Waals surface area contributed by atoms with Crippen LogP contribution in [0.1, 0.15) is 31.1 Å². The number of aromatic nitrogens is 1. The predicted molar refractivity (Wildman–Crippen MR) is 49.4 cm³/mol. The van der Waals surface area contributed by atoms with Crippen molar-refractivity contribution in [1.29, 1.82) is 0 Å². The Kier molecular flexibility index (Phi) is 2.84. The Bertz CT molecular complexity index is 344. The second kappa shape index (κ2) is 3.74. The molecule has 1 heterocycles. The van der Waals surface area contributed by atoms with E-state index in [1.54, 1.807) is 20.8 Å². The lowest BCUT2D eigenvalue weighted by Crippen LogP contribution is -2.24. The van der Waals surface area contributed by atoms with Crippen molar-refractivity contribution in [2.45, 2.75) is 26.4 Å². The summed E-state index contributed by atoms with van der Waals surface area (Å²) in [5, 5.41) is 0. The molecule has 0 aliphatic rings. The smallest absolute Gasteiger partial charge is 0.341 e. The fraction of sp³-hybridized carbons (Fsp3) is 0.400. The third-order valence-corrected chi connectivity index (χ3v) is 1.39. The first-order chi connectivity index (χ1) is 6.40. The van der Waals surface area contributed by atoms with Gasteiger partial charge in [0.15, 0.2) is 5.82 Å². The van der Waals surface area contributed by atoms with Crippen molar-refractivity contribution < 1.29 is 13.9 Å². The average Bonchev–Trinajstić information content (AvgIpc) is 2.01. The average molecular weight is 197 g/mol. The third kappa shape index (κ3) is 2.80. The van der Waals surface area contributed by atoms with E-state index in [1.807, 2.05) is 0 Å². The minimum atomic E-state index is -0.669. The van der Waals surface area contributed by atoms with E-state index < -0.39 is 17.4 Å². The van der Waals surface area contributed by atoms with E-state index in [0.717, 1.165) is 6.20 Å². The van der Waals surface area contributed by atoms with Gasteiger partial charge < -0.3 is 4.74 Å². The molecule has 0 saturated carbocycles. The van der Waals surface area contributed by atoms with Crippen LogP contribution < -0.4 is 0 Å². The summed E-state index contributed by atoms with van der Waals surface area (Å²) in [6.45, 7) is 5.18. The molecule has 3 nitrogen and oxygen atoms in total. The standard InChI is InChI=1S/C10H12FNO2/c1-10(2,3)14-9(13)7-4-5-12-6-8(7)11/h4-6H,1-3H3. The lowest BCUT2D eigenvalue weighted by atomic mass is 10.2. The molecule has 0 N–H and O–H groups in total. The van der Waals surface area contributed by atoms with Crippen LogP contribution in [0.15, 0.2) is 18.5 Å². The van der Waals surface area contributed by atoms with Crippen LogP contribution in [0.5, 0.6) is 0 Å². The molecule has 0 radical (unpaired) electrons. The fourth-order valence-corrected chi connectivity index (χ4v) is 0.874. The maximum absolute atomic E-state index is 13.1. The highest BCUT2D eigenvalue weighted by atomic mass is 19.1. The first-order valence-electron chi connectivity index (χ1n) is 4.23. The van der Waals surface area contributed by atoms with E-state index >= 15 is 0 Å². The summed E-state index contributed by atoms with van der Waals surface area (Å²) in [6.07, 6.45) is 2.33. The van der Waals surface area contributed by atoms with Crippen molar-refractivity contribution >= 4 is 5.97 Å². The Balaban J connectivity index is 2.86. The van der Waals surface area contributed by atoms with Crippen molar-refractivity contribution in [3.8, 4) is 0 Å². The number of nitrogens with zero attached hydrogens (tertiary/aromatic N) is 1. The van der Waals surface area contributed by atoms with Gasteiger partial charge in [0.25, 0.3) is 0 Å². The van der Waals surface area contributed by atoms with Gasteiger partial charge in [0.05, 0.1) is 11.8 Å². The van der Waals surface area contributed by atoms with Gasteiger partial charge in [0.1, 0.15) is 5.60 Å². The summed E-state index contributed by atoms with van der Waals surface area (Å²) in [5.74, 6) is -1.33. The molecule has 0 bridgehead atoms. The Labute approximate surface area is 81.9 Å². The zero-order chi connectivity index (χ0) is 10.8. The summed E-state index contributed by atoms with van der Waals surface area (Å²) >= 11 is 0. The molecule has 0 aliphatic carbocycles.